The topological polar surface area (TPSA) is 146 Å². The smallest absolute Gasteiger partial charge is 0.351 e. The highest BCUT2D eigenvalue weighted by Crippen LogP contribution is 2.24. The predicted molar refractivity (Wildman–Crippen MR) is 160 cm³/mol. The fourth-order valence-electron chi connectivity index (χ4n) is 4.20. The first-order valence-corrected chi connectivity index (χ1v) is 14.6. The lowest BCUT2D eigenvalue weighted by Gasteiger charge is -2.20. The van der Waals surface area contributed by atoms with Crippen LogP contribution in [0.4, 0.5) is 11.4 Å². The Kier molecular flexibility index (Phi) is 10.9. The number of ether oxygens (including phenoxy) is 1. The third-order valence-corrected chi connectivity index (χ3v) is 7.64. The maximum absolute atomic E-state index is 13.1. The number of nitriles is 1. The Bertz CT molecular complexity index is 1510. The number of rotatable bonds is 10. The third-order valence-electron chi connectivity index (χ3n) is 6.50. The van der Waals surface area contributed by atoms with Crippen LogP contribution in [0.25, 0.3) is 11.8 Å². The molecular weight excluding hydrogens is 544 g/mol. The Morgan fingerprint density at radius 1 is 1.17 bits per heavy atom. The zero-order valence-corrected chi connectivity index (χ0v) is 25.1. The molecule has 0 aliphatic carbocycles. The van der Waals surface area contributed by atoms with Gasteiger partial charge >= 0.3 is 5.97 Å². The van der Waals surface area contributed by atoms with E-state index >= 15 is 0 Å². The number of esters is 1. The van der Waals surface area contributed by atoms with E-state index in [0.717, 1.165) is 31.0 Å². The van der Waals surface area contributed by atoms with Gasteiger partial charge in [-0.3, -0.25) is 19.0 Å². The molecule has 1 fully saturated rings. The molecule has 2 aromatic rings. The zero-order chi connectivity index (χ0) is 30.2. The molecule has 1 aromatic heterocycles. The minimum absolute atomic E-state index is 0.104. The van der Waals surface area contributed by atoms with Gasteiger partial charge in [-0.2, -0.15) is 5.26 Å². The van der Waals surface area contributed by atoms with E-state index in [0.29, 0.717) is 23.5 Å². The van der Waals surface area contributed by atoms with Crippen LogP contribution in [-0.2, 0) is 20.9 Å². The number of benzene rings is 1. The van der Waals surface area contributed by atoms with Gasteiger partial charge in [0.1, 0.15) is 15.3 Å². The summed E-state index contributed by atoms with van der Waals surface area (Å²) >= 11 is 0.997. The average Bonchev–Trinajstić information content (AvgIpc) is 3.55. The number of nitrogens with one attached hydrogen (secondary N) is 3. The number of carbonyl (C=O) groups is 3. The van der Waals surface area contributed by atoms with Gasteiger partial charge in [-0.15, -0.1) is 11.3 Å². The number of anilines is 2. The number of carbonyl (C=O) groups excluding carboxylic acids is 3. The average molecular weight is 583 g/mol. The van der Waals surface area contributed by atoms with Gasteiger partial charge in [0.2, 0.25) is 5.91 Å². The Labute approximate surface area is 243 Å². The molecular formula is C29H38N6O5S. The molecule has 3 N–H and O–H groups in total. The van der Waals surface area contributed by atoms with Crippen LogP contribution < -0.4 is 30.7 Å². The summed E-state index contributed by atoms with van der Waals surface area (Å²) in [6.45, 7) is 12.4. The van der Waals surface area contributed by atoms with Gasteiger partial charge in [0.15, 0.2) is 5.57 Å². The van der Waals surface area contributed by atoms with E-state index in [1.165, 1.54) is 23.6 Å². The molecule has 3 rings (SSSR count). The molecule has 0 bridgehead atoms. The van der Waals surface area contributed by atoms with Crippen LogP contribution in [0.5, 0.6) is 0 Å². The van der Waals surface area contributed by atoms with Crippen molar-refractivity contribution in [3.63, 3.8) is 0 Å². The number of hydrogen-bond acceptors (Lipinski definition) is 9. The first kappa shape index (κ1) is 31.6. The summed E-state index contributed by atoms with van der Waals surface area (Å²) in [7, 11) is 0. The molecule has 0 atom stereocenters. The van der Waals surface area contributed by atoms with Crippen molar-refractivity contribution in [2.75, 3.05) is 43.4 Å². The van der Waals surface area contributed by atoms with E-state index in [1.807, 2.05) is 6.07 Å². The van der Waals surface area contributed by atoms with E-state index in [2.05, 4.69) is 20.9 Å². The summed E-state index contributed by atoms with van der Waals surface area (Å²) in [5.74, 6) is -1.33. The number of likely N-dealkylation sites (tertiary alicyclic amines) is 1. The molecule has 41 heavy (non-hydrogen) atoms. The lowest BCUT2D eigenvalue weighted by atomic mass is 9.95. The number of hydrogen-bond donors (Lipinski definition) is 3. The lowest BCUT2D eigenvalue weighted by molar-refractivity contribution is -0.136. The minimum atomic E-state index is -0.786. The molecule has 2 heterocycles. The molecule has 1 saturated heterocycles. The highest BCUT2D eigenvalue weighted by Gasteiger charge is 2.24. The van der Waals surface area contributed by atoms with Crippen LogP contribution in [0, 0.1) is 16.7 Å². The summed E-state index contributed by atoms with van der Waals surface area (Å²) in [4.78, 5) is 53.5. The molecule has 0 saturated carbocycles. The zero-order valence-electron chi connectivity index (χ0n) is 24.3. The van der Waals surface area contributed by atoms with E-state index < -0.39 is 11.4 Å². The monoisotopic (exact) mass is 582 g/mol. The fraction of sp³-hybridized carbons (Fsp3) is 0.483. The van der Waals surface area contributed by atoms with Crippen molar-refractivity contribution in [1.82, 2.24) is 14.8 Å². The van der Waals surface area contributed by atoms with Crippen LogP contribution in [-0.4, -0.2) is 60.0 Å². The van der Waals surface area contributed by atoms with Crippen molar-refractivity contribution in [3.05, 3.63) is 43.3 Å². The molecule has 2 amide bonds. The summed E-state index contributed by atoms with van der Waals surface area (Å²) in [6, 6.07) is 6.78. The molecule has 12 heteroatoms. The summed E-state index contributed by atoms with van der Waals surface area (Å²) < 4.78 is 6.80. The Balaban J connectivity index is 1.93. The largest absolute Gasteiger partial charge is 0.462 e. The van der Waals surface area contributed by atoms with Gasteiger partial charge in [-0.25, -0.2) is 4.79 Å². The molecule has 0 unspecified atom stereocenters. The van der Waals surface area contributed by atoms with Crippen molar-refractivity contribution < 1.29 is 19.1 Å². The number of nitrogens with zero attached hydrogens (tertiary/aromatic N) is 3. The maximum atomic E-state index is 13.1. The van der Waals surface area contributed by atoms with Crippen LogP contribution in [0.2, 0.25) is 0 Å². The Morgan fingerprint density at radius 2 is 1.88 bits per heavy atom. The number of aromatic nitrogens is 1. The summed E-state index contributed by atoms with van der Waals surface area (Å²) in [6.07, 6.45) is 3.82. The van der Waals surface area contributed by atoms with Gasteiger partial charge in [0.05, 0.1) is 17.9 Å². The minimum Gasteiger partial charge on any atom is -0.462 e. The summed E-state index contributed by atoms with van der Waals surface area (Å²) in [5, 5.41) is 18.4. The standard InChI is InChI=1S/C29H38N6O5S/c1-6-35-25(37)23(41-26(35)21(17-30)27(38)40-7-2)18-32-19-10-11-20(22(16-19)33-28(39)29(3,4)5)24(36)31-12-15-34-13-8-9-14-34/h10-11,16,18,32H,6-9,12-15H2,1-5H3,(H,31,36)(H,33,39)/b23-18+,26-21-. The first-order chi connectivity index (χ1) is 19.5. The Hall–Kier alpha value is -3.95. The Morgan fingerprint density at radius 3 is 2.49 bits per heavy atom. The van der Waals surface area contributed by atoms with Crippen LogP contribution in [0.1, 0.15) is 57.8 Å². The van der Waals surface area contributed by atoms with Crippen molar-refractivity contribution in [1.29, 1.82) is 5.26 Å². The fourth-order valence-corrected chi connectivity index (χ4v) is 5.28. The molecule has 1 aliphatic heterocycles. The van der Waals surface area contributed by atoms with Gasteiger partial charge in [0.25, 0.3) is 11.5 Å². The van der Waals surface area contributed by atoms with Gasteiger partial charge in [0, 0.05) is 36.9 Å². The molecule has 0 radical (unpaired) electrons. The van der Waals surface area contributed by atoms with Gasteiger partial charge < -0.3 is 25.6 Å². The molecule has 11 nitrogen and oxygen atoms in total. The second-order valence-electron chi connectivity index (χ2n) is 10.6. The predicted octanol–water partition coefficient (Wildman–Crippen LogP) is 1.83. The first-order valence-electron chi connectivity index (χ1n) is 13.7. The lowest BCUT2D eigenvalue weighted by Crippen LogP contribution is -2.34. The molecule has 0 spiro atoms. The van der Waals surface area contributed by atoms with Gasteiger partial charge in [-0.1, -0.05) is 20.8 Å². The van der Waals surface area contributed by atoms with Crippen molar-refractivity contribution in [2.24, 2.45) is 5.41 Å². The normalized spacial score (nSPS) is 14.8. The quantitative estimate of drug-likeness (QED) is 0.360. The van der Waals surface area contributed by atoms with Gasteiger partial charge in [-0.05, 0) is 58.0 Å². The molecule has 1 aliphatic rings. The van der Waals surface area contributed by atoms with Crippen molar-refractivity contribution in [3.8, 4) is 6.07 Å². The van der Waals surface area contributed by atoms with Crippen molar-refractivity contribution in [2.45, 2.75) is 54.0 Å². The summed E-state index contributed by atoms with van der Waals surface area (Å²) in [5.41, 5.74) is -0.109. The number of amides is 2. The van der Waals surface area contributed by atoms with Crippen LogP contribution >= 0.6 is 11.3 Å². The molecule has 1 aromatic carbocycles. The SMILES string of the molecule is CCOC(=O)/C(C#N)=c1\s/c(=C/Nc2ccc(C(=O)NCCN3CCCC3)c(NC(=O)C(C)(C)C)c2)c(=O)n1CC. The van der Waals surface area contributed by atoms with E-state index in [-0.39, 0.29) is 45.3 Å². The molecule has 220 valence electrons. The maximum Gasteiger partial charge on any atom is 0.351 e. The van der Waals surface area contributed by atoms with Crippen LogP contribution in [0.3, 0.4) is 0 Å². The highest BCUT2D eigenvalue weighted by atomic mass is 32.1. The number of thiazole rings is 1. The highest BCUT2D eigenvalue weighted by molar-refractivity contribution is 7.07. The second-order valence-corrected chi connectivity index (χ2v) is 11.6. The van der Waals surface area contributed by atoms with E-state index in [1.54, 1.807) is 52.8 Å². The van der Waals surface area contributed by atoms with E-state index in [9.17, 15) is 24.4 Å². The van der Waals surface area contributed by atoms with Crippen LogP contribution in [0.15, 0.2) is 23.0 Å². The second kappa shape index (κ2) is 14.1. The third kappa shape index (κ3) is 8.05. The van der Waals surface area contributed by atoms with Crippen molar-refractivity contribution >= 4 is 52.3 Å². The van der Waals surface area contributed by atoms with E-state index in [4.69, 9.17) is 4.74 Å².